The summed E-state index contributed by atoms with van der Waals surface area (Å²) in [5.41, 5.74) is 12.3. The maximum Gasteiger partial charge on any atom is 0.344 e. The number of aromatic nitrogens is 3. The van der Waals surface area contributed by atoms with Crippen LogP contribution in [0.2, 0.25) is 0 Å². The predicted molar refractivity (Wildman–Crippen MR) is 120 cm³/mol. The molecule has 6 heteroatoms. The third-order valence-electron chi connectivity index (χ3n) is 5.24. The number of carbonyl (C=O) groups is 1. The molecule has 154 valence electrons. The molecule has 2 aromatic heterocycles. The van der Waals surface area contributed by atoms with Gasteiger partial charge in [-0.15, -0.1) is 0 Å². The van der Waals surface area contributed by atoms with E-state index in [0.29, 0.717) is 35.0 Å². The van der Waals surface area contributed by atoms with Crippen molar-refractivity contribution in [3.63, 3.8) is 0 Å². The van der Waals surface area contributed by atoms with Crippen molar-refractivity contribution in [2.24, 2.45) is 5.92 Å². The minimum Gasteiger partial charge on any atom is -0.462 e. The molecule has 30 heavy (non-hydrogen) atoms. The molecule has 4 aromatic rings. The summed E-state index contributed by atoms with van der Waals surface area (Å²) in [4.78, 5) is 22.6. The van der Waals surface area contributed by atoms with E-state index in [1.54, 1.807) is 0 Å². The summed E-state index contributed by atoms with van der Waals surface area (Å²) in [6.07, 6.45) is 0.788. The summed E-state index contributed by atoms with van der Waals surface area (Å²) < 4.78 is 7.36. The average Bonchev–Trinajstić information content (AvgIpc) is 2.98. The standard InChI is InChI=1S/C24H26N4O2/c1-14(2)11-12-30-24(29)20-21-23(27-18-8-6-5-7-17(18)26-21)28(22(20)25)19-13-15(3)9-10-16(19)4/h5-10,13-14H,11-12,25H2,1-4H3. The van der Waals surface area contributed by atoms with Crippen LogP contribution in [0.3, 0.4) is 0 Å². The van der Waals surface area contributed by atoms with Crippen LogP contribution in [0.15, 0.2) is 42.5 Å². The summed E-state index contributed by atoms with van der Waals surface area (Å²) in [7, 11) is 0. The Morgan fingerprint density at radius 2 is 1.80 bits per heavy atom. The molecule has 4 rings (SSSR count). The van der Waals surface area contributed by atoms with Crippen LogP contribution >= 0.6 is 0 Å². The molecule has 0 spiro atoms. The summed E-state index contributed by atoms with van der Waals surface area (Å²) in [5, 5.41) is 0. The van der Waals surface area contributed by atoms with Crippen molar-refractivity contribution in [2.45, 2.75) is 34.1 Å². The van der Waals surface area contributed by atoms with Gasteiger partial charge in [-0.05, 0) is 55.5 Å². The Kier molecular flexibility index (Phi) is 5.16. The molecule has 0 aliphatic rings. The molecular weight excluding hydrogens is 376 g/mol. The topological polar surface area (TPSA) is 83.0 Å². The van der Waals surface area contributed by atoms with Gasteiger partial charge in [-0.3, -0.25) is 4.57 Å². The van der Waals surface area contributed by atoms with Gasteiger partial charge in [0, 0.05) is 0 Å². The Morgan fingerprint density at radius 3 is 2.50 bits per heavy atom. The molecule has 0 fully saturated rings. The number of para-hydroxylation sites is 2. The van der Waals surface area contributed by atoms with E-state index in [9.17, 15) is 4.79 Å². The first kappa shape index (κ1) is 19.9. The molecule has 2 aromatic carbocycles. The van der Waals surface area contributed by atoms with E-state index in [0.717, 1.165) is 28.8 Å². The zero-order valence-corrected chi connectivity index (χ0v) is 17.8. The van der Waals surface area contributed by atoms with E-state index < -0.39 is 5.97 Å². The lowest BCUT2D eigenvalue weighted by Crippen LogP contribution is -2.11. The summed E-state index contributed by atoms with van der Waals surface area (Å²) >= 11 is 0. The molecular formula is C24H26N4O2. The first-order valence-corrected chi connectivity index (χ1v) is 10.2. The van der Waals surface area contributed by atoms with Gasteiger partial charge >= 0.3 is 5.97 Å². The lowest BCUT2D eigenvalue weighted by Gasteiger charge is -2.12. The van der Waals surface area contributed by atoms with Crippen molar-refractivity contribution in [1.29, 1.82) is 0 Å². The number of nitrogens with zero attached hydrogens (tertiary/aromatic N) is 3. The third-order valence-corrected chi connectivity index (χ3v) is 5.24. The maximum absolute atomic E-state index is 13.0. The van der Waals surface area contributed by atoms with E-state index in [1.165, 1.54) is 0 Å². The van der Waals surface area contributed by atoms with Crippen LogP contribution in [0.5, 0.6) is 0 Å². The zero-order valence-electron chi connectivity index (χ0n) is 17.8. The van der Waals surface area contributed by atoms with Crippen LogP contribution in [0.4, 0.5) is 5.82 Å². The molecule has 0 aliphatic heterocycles. The highest BCUT2D eigenvalue weighted by Crippen LogP contribution is 2.33. The van der Waals surface area contributed by atoms with Crippen LogP contribution in [0.25, 0.3) is 27.9 Å². The second-order valence-electron chi connectivity index (χ2n) is 8.09. The number of hydrogen-bond acceptors (Lipinski definition) is 5. The quantitative estimate of drug-likeness (QED) is 0.476. The minimum absolute atomic E-state index is 0.271. The van der Waals surface area contributed by atoms with Gasteiger partial charge < -0.3 is 10.5 Å². The van der Waals surface area contributed by atoms with Crippen LogP contribution in [0, 0.1) is 19.8 Å². The molecule has 0 radical (unpaired) electrons. The van der Waals surface area contributed by atoms with E-state index in [1.807, 2.05) is 60.9 Å². The summed E-state index contributed by atoms with van der Waals surface area (Å²) in [5.74, 6) is 0.269. The molecule has 6 nitrogen and oxygen atoms in total. The Morgan fingerprint density at radius 1 is 1.10 bits per heavy atom. The van der Waals surface area contributed by atoms with Crippen molar-refractivity contribution in [3.05, 3.63) is 59.2 Å². The minimum atomic E-state index is -0.466. The number of esters is 1. The normalized spacial score (nSPS) is 11.5. The van der Waals surface area contributed by atoms with E-state index in [4.69, 9.17) is 20.4 Å². The Bertz CT molecular complexity index is 1260. The first-order valence-electron chi connectivity index (χ1n) is 10.2. The summed E-state index contributed by atoms with van der Waals surface area (Å²) in [6.45, 7) is 8.55. The molecule has 0 amide bonds. The highest BCUT2D eigenvalue weighted by Gasteiger charge is 2.26. The number of rotatable bonds is 5. The molecule has 0 aliphatic carbocycles. The lowest BCUT2D eigenvalue weighted by atomic mass is 10.1. The number of nitrogen functional groups attached to an aromatic ring is 1. The van der Waals surface area contributed by atoms with Crippen molar-refractivity contribution in [1.82, 2.24) is 14.5 Å². The van der Waals surface area contributed by atoms with Gasteiger partial charge in [-0.25, -0.2) is 14.8 Å². The highest BCUT2D eigenvalue weighted by atomic mass is 16.5. The number of nitrogens with two attached hydrogens (primary N) is 1. The molecule has 0 saturated heterocycles. The molecule has 2 heterocycles. The molecule has 0 unspecified atom stereocenters. The molecule has 0 bridgehead atoms. The number of fused-ring (bicyclic) bond motifs is 2. The highest BCUT2D eigenvalue weighted by molar-refractivity contribution is 6.09. The van der Waals surface area contributed by atoms with Gasteiger partial charge in [0.15, 0.2) is 5.65 Å². The molecule has 0 saturated carbocycles. The van der Waals surface area contributed by atoms with Crippen molar-refractivity contribution >= 4 is 34.0 Å². The van der Waals surface area contributed by atoms with Gasteiger partial charge in [0.05, 0.1) is 23.3 Å². The Labute approximate surface area is 175 Å². The monoisotopic (exact) mass is 402 g/mol. The second kappa shape index (κ2) is 7.78. The van der Waals surface area contributed by atoms with Gasteiger partial charge in [-0.1, -0.05) is 38.1 Å². The van der Waals surface area contributed by atoms with Crippen LogP contribution < -0.4 is 5.73 Å². The Balaban J connectivity index is 1.97. The number of benzene rings is 2. The van der Waals surface area contributed by atoms with Crippen molar-refractivity contribution in [3.8, 4) is 5.69 Å². The number of carbonyl (C=O) groups excluding carboxylic acids is 1. The van der Waals surface area contributed by atoms with Gasteiger partial charge in [-0.2, -0.15) is 0 Å². The smallest absolute Gasteiger partial charge is 0.344 e. The number of aryl methyl sites for hydroxylation is 2. The summed E-state index contributed by atoms with van der Waals surface area (Å²) in [6, 6.07) is 13.7. The zero-order chi connectivity index (χ0) is 21.4. The SMILES string of the molecule is Cc1ccc(C)c(-n2c(N)c(C(=O)OCCC(C)C)c3nc4ccccc4nc32)c1. The van der Waals surface area contributed by atoms with Gasteiger partial charge in [0.2, 0.25) is 0 Å². The third kappa shape index (κ3) is 3.49. The first-order chi connectivity index (χ1) is 14.4. The van der Waals surface area contributed by atoms with Crippen molar-refractivity contribution in [2.75, 3.05) is 12.3 Å². The number of ether oxygens (including phenoxy) is 1. The van der Waals surface area contributed by atoms with Crippen LogP contribution in [-0.2, 0) is 4.74 Å². The Hall–Kier alpha value is -3.41. The van der Waals surface area contributed by atoms with Crippen LogP contribution in [-0.4, -0.2) is 27.1 Å². The maximum atomic E-state index is 13.0. The van der Waals surface area contributed by atoms with E-state index in [-0.39, 0.29) is 5.56 Å². The average molecular weight is 402 g/mol. The number of hydrogen-bond donors (Lipinski definition) is 1. The second-order valence-corrected chi connectivity index (χ2v) is 8.09. The van der Waals surface area contributed by atoms with E-state index >= 15 is 0 Å². The largest absolute Gasteiger partial charge is 0.462 e. The fourth-order valence-electron chi connectivity index (χ4n) is 3.53. The lowest BCUT2D eigenvalue weighted by molar-refractivity contribution is 0.0491. The fraction of sp³-hybridized carbons (Fsp3) is 0.292. The molecule has 0 atom stereocenters. The molecule has 2 N–H and O–H groups in total. The number of anilines is 1. The van der Waals surface area contributed by atoms with E-state index in [2.05, 4.69) is 13.8 Å². The van der Waals surface area contributed by atoms with Crippen LogP contribution in [0.1, 0.15) is 41.8 Å². The van der Waals surface area contributed by atoms with Crippen molar-refractivity contribution < 1.29 is 9.53 Å². The predicted octanol–water partition coefficient (Wildman–Crippen LogP) is 4.98. The van der Waals surface area contributed by atoms with Gasteiger partial charge in [0.25, 0.3) is 0 Å². The fourth-order valence-corrected chi connectivity index (χ4v) is 3.53. The van der Waals surface area contributed by atoms with Gasteiger partial charge in [0.1, 0.15) is 16.9 Å².